The molecule has 1 unspecified atom stereocenters. The number of alkyl halides is 2. The molecule has 0 radical (unpaired) electrons. The first-order chi connectivity index (χ1) is 6.02. The molecule has 0 aromatic rings. The lowest BCUT2D eigenvalue weighted by atomic mass is 9.91. The van der Waals surface area contributed by atoms with Crippen LogP contribution >= 0.6 is 23.2 Å². The molecule has 0 bridgehead atoms. The number of amides is 1. The summed E-state index contributed by atoms with van der Waals surface area (Å²) in [6.07, 6.45) is 4.12. The van der Waals surface area contributed by atoms with Crippen molar-refractivity contribution in [3.05, 3.63) is 0 Å². The van der Waals surface area contributed by atoms with Crippen LogP contribution in [0.1, 0.15) is 25.7 Å². The quantitative estimate of drug-likeness (QED) is 0.656. The highest BCUT2D eigenvalue weighted by Gasteiger charge is 2.57. The number of rotatable bonds is 2. The van der Waals surface area contributed by atoms with Gasteiger partial charge in [0.25, 0.3) is 0 Å². The first kappa shape index (κ1) is 9.60. The summed E-state index contributed by atoms with van der Waals surface area (Å²) >= 11 is 11.7. The topological polar surface area (TPSA) is 20.3 Å². The van der Waals surface area contributed by atoms with Crippen molar-refractivity contribution in [3.63, 3.8) is 0 Å². The summed E-state index contributed by atoms with van der Waals surface area (Å²) in [5.74, 6) is -0.0314. The molecule has 2 nitrogen and oxygen atoms in total. The predicted octanol–water partition coefficient (Wildman–Crippen LogP) is 2.19. The minimum Gasteiger partial charge on any atom is -0.342 e. The maximum atomic E-state index is 11.7. The molecule has 0 aromatic carbocycles. The lowest BCUT2D eigenvalue weighted by Crippen LogP contribution is -2.42. The van der Waals surface area contributed by atoms with Crippen LogP contribution in [-0.4, -0.2) is 28.2 Å². The molecule has 0 N–H and O–H groups in total. The van der Waals surface area contributed by atoms with Crippen LogP contribution in [0.2, 0.25) is 0 Å². The molecule has 1 atom stereocenters. The van der Waals surface area contributed by atoms with Gasteiger partial charge in [-0.15, -0.1) is 23.2 Å². The summed E-state index contributed by atoms with van der Waals surface area (Å²) in [6.45, 7) is 0. The third-order valence-corrected chi connectivity index (χ3v) is 3.93. The van der Waals surface area contributed by atoms with Gasteiger partial charge in [0.05, 0.1) is 5.92 Å². The van der Waals surface area contributed by atoms with E-state index in [0.29, 0.717) is 12.5 Å². The maximum absolute atomic E-state index is 11.7. The Bertz CT molecular complexity index is 238. The van der Waals surface area contributed by atoms with Gasteiger partial charge in [0.15, 0.2) is 0 Å². The van der Waals surface area contributed by atoms with E-state index >= 15 is 0 Å². The predicted molar refractivity (Wildman–Crippen MR) is 53.0 cm³/mol. The Labute approximate surface area is 88.2 Å². The molecule has 2 saturated carbocycles. The van der Waals surface area contributed by atoms with E-state index in [4.69, 9.17) is 23.2 Å². The molecule has 0 spiro atoms. The van der Waals surface area contributed by atoms with Gasteiger partial charge in [0.2, 0.25) is 5.91 Å². The smallest absolute Gasteiger partial charge is 0.228 e. The van der Waals surface area contributed by atoms with E-state index in [0.717, 1.165) is 12.8 Å². The van der Waals surface area contributed by atoms with E-state index in [1.165, 1.54) is 6.42 Å². The van der Waals surface area contributed by atoms with Gasteiger partial charge in [-0.1, -0.05) is 0 Å². The molecule has 4 heteroatoms. The lowest BCUT2D eigenvalue weighted by Gasteiger charge is -2.35. The molecule has 2 aliphatic carbocycles. The van der Waals surface area contributed by atoms with Gasteiger partial charge in [0, 0.05) is 13.1 Å². The highest BCUT2D eigenvalue weighted by Crippen LogP contribution is 2.54. The number of carbonyl (C=O) groups excluding carboxylic acids is 1. The molecular formula is C9H13Cl2NO. The van der Waals surface area contributed by atoms with Crippen LogP contribution in [0, 0.1) is 5.92 Å². The molecule has 0 saturated heterocycles. The maximum Gasteiger partial charge on any atom is 0.228 e. The average Bonchev–Trinajstić information content (AvgIpc) is 2.54. The first-order valence-electron chi connectivity index (χ1n) is 4.67. The van der Waals surface area contributed by atoms with Crippen molar-refractivity contribution in [2.45, 2.75) is 36.1 Å². The number of nitrogens with zero attached hydrogens (tertiary/aromatic N) is 1. The SMILES string of the molecule is CN(C(=O)C1CC1(Cl)Cl)C1CCC1. The lowest BCUT2D eigenvalue weighted by molar-refractivity contribution is -0.134. The van der Waals surface area contributed by atoms with Gasteiger partial charge in [0.1, 0.15) is 4.33 Å². The second kappa shape index (κ2) is 3.03. The van der Waals surface area contributed by atoms with Gasteiger partial charge < -0.3 is 4.90 Å². The van der Waals surface area contributed by atoms with Crippen molar-refractivity contribution < 1.29 is 4.79 Å². The van der Waals surface area contributed by atoms with Crippen molar-refractivity contribution >= 4 is 29.1 Å². The van der Waals surface area contributed by atoms with Gasteiger partial charge >= 0.3 is 0 Å². The largest absolute Gasteiger partial charge is 0.342 e. The number of carbonyl (C=O) groups is 1. The minimum atomic E-state index is -0.769. The highest BCUT2D eigenvalue weighted by molar-refractivity contribution is 6.52. The Morgan fingerprint density at radius 1 is 1.46 bits per heavy atom. The Kier molecular flexibility index (Phi) is 2.23. The molecule has 74 valence electrons. The minimum absolute atomic E-state index is 0.120. The van der Waals surface area contributed by atoms with E-state index in [9.17, 15) is 4.79 Å². The molecule has 13 heavy (non-hydrogen) atoms. The molecule has 2 rings (SSSR count). The summed E-state index contributed by atoms with van der Waals surface area (Å²) in [5.41, 5.74) is 0. The molecule has 1 amide bonds. The van der Waals surface area contributed by atoms with Crippen LogP contribution in [0.4, 0.5) is 0 Å². The van der Waals surface area contributed by atoms with Crippen LogP contribution in [0.25, 0.3) is 0 Å². The third-order valence-electron chi connectivity index (χ3n) is 3.09. The molecule has 2 aliphatic rings. The standard InChI is InChI=1S/C9H13Cl2NO/c1-12(6-3-2-4-6)8(13)7-5-9(7,10)11/h6-7H,2-5H2,1H3. The zero-order chi connectivity index (χ0) is 9.64. The molecule has 0 aromatic heterocycles. The van der Waals surface area contributed by atoms with Gasteiger partial charge in [-0.05, 0) is 25.7 Å². The van der Waals surface area contributed by atoms with Crippen LogP contribution in [-0.2, 0) is 4.79 Å². The van der Waals surface area contributed by atoms with Gasteiger partial charge in [-0.3, -0.25) is 4.79 Å². The van der Waals surface area contributed by atoms with Crippen molar-refractivity contribution in [1.82, 2.24) is 4.90 Å². The van der Waals surface area contributed by atoms with E-state index < -0.39 is 4.33 Å². The summed E-state index contributed by atoms with van der Waals surface area (Å²) in [7, 11) is 1.86. The Balaban J connectivity index is 1.90. The second-order valence-electron chi connectivity index (χ2n) is 4.05. The fourth-order valence-electron chi connectivity index (χ4n) is 1.68. The first-order valence-corrected chi connectivity index (χ1v) is 5.42. The van der Waals surface area contributed by atoms with E-state index in [1.54, 1.807) is 0 Å². The molecule has 0 heterocycles. The highest BCUT2D eigenvalue weighted by atomic mass is 35.5. The fourth-order valence-corrected chi connectivity index (χ4v) is 2.18. The fraction of sp³-hybridized carbons (Fsp3) is 0.889. The van der Waals surface area contributed by atoms with Crippen molar-refractivity contribution in [2.75, 3.05) is 7.05 Å². The molecule has 0 aliphatic heterocycles. The zero-order valence-electron chi connectivity index (χ0n) is 7.59. The van der Waals surface area contributed by atoms with E-state index in [1.807, 2.05) is 11.9 Å². The second-order valence-corrected chi connectivity index (χ2v) is 5.59. The Hall–Kier alpha value is 0.0500. The molecule has 2 fully saturated rings. The van der Waals surface area contributed by atoms with E-state index in [-0.39, 0.29) is 11.8 Å². The normalized spacial score (nSPS) is 30.8. The monoisotopic (exact) mass is 221 g/mol. The van der Waals surface area contributed by atoms with Gasteiger partial charge in [-0.2, -0.15) is 0 Å². The Morgan fingerprint density at radius 3 is 2.31 bits per heavy atom. The van der Waals surface area contributed by atoms with Crippen LogP contribution < -0.4 is 0 Å². The summed E-state index contributed by atoms with van der Waals surface area (Å²) in [6, 6.07) is 0.442. The Morgan fingerprint density at radius 2 is 2.00 bits per heavy atom. The van der Waals surface area contributed by atoms with Crippen molar-refractivity contribution in [1.29, 1.82) is 0 Å². The average molecular weight is 222 g/mol. The van der Waals surface area contributed by atoms with Crippen LogP contribution in [0.15, 0.2) is 0 Å². The van der Waals surface area contributed by atoms with Crippen LogP contribution in [0.5, 0.6) is 0 Å². The summed E-state index contributed by atoms with van der Waals surface area (Å²) in [4.78, 5) is 13.5. The van der Waals surface area contributed by atoms with Crippen molar-refractivity contribution in [3.8, 4) is 0 Å². The van der Waals surface area contributed by atoms with Crippen LogP contribution in [0.3, 0.4) is 0 Å². The number of halogens is 2. The third kappa shape index (κ3) is 1.66. The van der Waals surface area contributed by atoms with Gasteiger partial charge in [-0.25, -0.2) is 0 Å². The van der Waals surface area contributed by atoms with Crippen molar-refractivity contribution in [2.24, 2.45) is 5.92 Å². The van der Waals surface area contributed by atoms with E-state index in [2.05, 4.69) is 0 Å². The number of hydrogen-bond acceptors (Lipinski definition) is 1. The number of hydrogen-bond donors (Lipinski definition) is 0. The summed E-state index contributed by atoms with van der Waals surface area (Å²) < 4.78 is -0.769. The zero-order valence-corrected chi connectivity index (χ0v) is 9.11. The summed E-state index contributed by atoms with van der Waals surface area (Å²) in [5, 5.41) is 0. The molecular weight excluding hydrogens is 209 g/mol.